The van der Waals surface area contributed by atoms with Gasteiger partial charge in [-0.15, -0.1) is 0 Å². The average Bonchev–Trinajstić information content (AvgIpc) is 2.73. The summed E-state index contributed by atoms with van der Waals surface area (Å²) in [5, 5.41) is 0.158. The molecule has 0 aliphatic heterocycles. The zero-order valence-corrected chi connectivity index (χ0v) is 9.28. The second-order valence-electron chi connectivity index (χ2n) is 3.45. The molecule has 0 unspecified atom stereocenters. The van der Waals surface area contributed by atoms with Crippen molar-refractivity contribution < 1.29 is 4.39 Å². The van der Waals surface area contributed by atoms with Crippen molar-refractivity contribution in [2.75, 3.05) is 0 Å². The van der Waals surface area contributed by atoms with Crippen molar-refractivity contribution in [3.8, 4) is 0 Å². The minimum Gasteiger partial charge on any atom is -0.333 e. The summed E-state index contributed by atoms with van der Waals surface area (Å²) in [6.45, 7) is 0.882. The maximum atomic E-state index is 13.2. The molecule has 0 atom stereocenters. The van der Waals surface area contributed by atoms with Crippen LogP contribution < -0.4 is 5.73 Å². The van der Waals surface area contributed by atoms with Gasteiger partial charge in [0.1, 0.15) is 5.82 Å². The van der Waals surface area contributed by atoms with Gasteiger partial charge in [0.05, 0.1) is 23.6 Å². The van der Waals surface area contributed by atoms with Crippen LogP contribution in [0.1, 0.15) is 11.3 Å². The van der Waals surface area contributed by atoms with Gasteiger partial charge < -0.3 is 10.3 Å². The van der Waals surface area contributed by atoms with Crippen LogP contribution in [0.2, 0.25) is 5.02 Å². The Morgan fingerprint density at radius 2 is 2.25 bits per heavy atom. The minimum atomic E-state index is -0.404. The van der Waals surface area contributed by atoms with Crippen LogP contribution in [0.3, 0.4) is 0 Å². The van der Waals surface area contributed by atoms with Crippen LogP contribution in [0.25, 0.3) is 0 Å². The highest BCUT2D eigenvalue weighted by Gasteiger charge is 2.06. The fraction of sp³-hybridized carbons (Fsp3) is 0.182. The van der Waals surface area contributed by atoms with Gasteiger partial charge >= 0.3 is 0 Å². The molecule has 16 heavy (non-hydrogen) atoms. The molecule has 0 spiro atoms. The molecule has 1 aromatic heterocycles. The number of aromatic nitrogens is 2. The van der Waals surface area contributed by atoms with E-state index in [4.69, 9.17) is 17.3 Å². The summed E-state index contributed by atoms with van der Waals surface area (Å²) >= 11 is 5.85. The van der Waals surface area contributed by atoms with E-state index in [9.17, 15) is 4.39 Å². The summed E-state index contributed by atoms with van der Waals surface area (Å²) in [4.78, 5) is 4.08. The lowest BCUT2D eigenvalue weighted by Crippen LogP contribution is -1.99. The molecule has 2 rings (SSSR count). The van der Waals surface area contributed by atoms with E-state index in [0.29, 0.717) is 13.1 Å². The van der Waals surface area contributed by atoms with Gasteiger partial charge in [-0.3, -0.25) is 0 Å². The lowest BCUT2D eigenvalue weighted by molar-refractivity contribution is 0.624. The summed E-state index contributed by atoms with van der Waals surface area (Å²) in [6.07, 6.45) is 3.48. The van der Waals surface area contributed by atoms with Crippen LogP contribution in [0.4, 0.5) is 4.39 Å². The number of imidazole rings is 1. The molecule has 0 amide bonds. The Morgan fingerprint density at radius 3 is 2.94 bits per heavy atom. The smallest absolute Gasteiger partial charge is 0.142 e. The molecular formula is C11H11ClFN3. The van der Waals surface area contributed by atoms with E-state index in [1.165, 1.54) is 6.07 Å². The molecule has 1 heterocycles. The van der Waals surface area contributed by atoms with Crippen LogP contribution >= 0.6 is 11.6 Å². The van der Waals surface area contributed by atoms with Gasteiger partial charge in [0, 0.05) is 12.7 Å². The van der Waals surface area contributed by atoms with Crippen molar-refractivity contribution in [2.45, 2.75) is 13.1 Å². The highest BCUT2D eigenvalue weighted by molar-refractivity contribution is 6.31. The summed E-state index contributed by atoms with van der Waals surface area (Å²) in [5.74, 6) is -0.404. The normalized spacial score (nSPS) is 10.7. The lowest BCUT2D eigenvalue weighted by Gasteiger charge is -2.05. The van der Waals surface area contributed by atoms with Gasteiger partial charge in [-0.1, -0.05) is 23.7 Å². The van der Waals surface area contributed by atoms with Crippen LogP contribution in [0.5, 0.6) is 0 Å². The third-order valence-corrected chi connectivity index (χ3v) is 2.70. The molecular weight excluding hydrogens is 229 g/mol. The van der Waals surface area contributed by atoms with E-state index in [0.717, 1.165) is 11.3 Å². The standard InChI is InChI=1S/C11H11ClFN3/c12-11-8(2-1-3-10(11)13)5-16-6-9(4-14)15-7-16/h1-3,6-7H,4-5,14H2. The zero-order valence-electron chi connectivity index (χ0n) is 8.53. The van der Waals surface area contributed by atoms with Gasteiger partial charge in [0.25, 0.3) is 0 Å². The lowest BCUT2D eigenvalue weighted by atomic mass is 10.2. The number of halogens is 2. The Labute approximate surface area is 97.7 Å². The average molecular weight is 240 g/mol. The molecule has 84 valence electrons. The highest BCUT2D eigenvalue weighted by atomic mass is 35.5. The number of hydrogen-bond donors (Lipinski definition) is 1. The zero-order chi connectivity index (χ0) is 11.5. The first-order valence-corrected chi connectivity index (χ1v) is 5.22. The minimum absolute atomic E-state index is 0.158. The predicted molar refractivity (Wildman–Crippen MR) is 60.6 cm³/mol. The number of benzene rings is 1. The number of nitrogens with two attached hydrogens (primary N) is 1. The molecule has 1 aromatic carbocycles. The first kappa shape index (κ1) is 11.1. The Balaban J connectivity index is 2.23. The van der Waals surface area contributed by atoms with E-state index < -0.39 is 5.82 Å². The number of rotatable bonds is 3. The molecule has 0 aliphatic rings. The quantitative estimate of drug-likeness (QED) is 0.892. The first-order chi connectivity index (χ1) is 7.70. The second-order valence-corrected chi connectivity index (χ2v) is 3.83. The molecule has 5 heteroatoms. The van der Waals surface area contributed by atoms with Gasteiger partial charge in [-0.05, 0) is 11.6 Å². The largest absolute Gasteiger partial charge is 0.333 e. The van der Waals surface area contributed by atoms with E-state index >= 15 is 0 Å². The van der Waals surface area contributed by atoms with Crippen molar-refractivity contribution in [3.63, 3.8) is 0 Å². The number of nitrogens with zero attached hydrogens (tertiary/aromatic N) is 2. The monoisotopic (exact) mass is 239 g/mol. The van der Waals surface area contributed by atoms with Crippen molar-refractivity contribution in [1.29, 1.82) is 0 Å². The Bertz CT molecular complexity index is 496. The van der Waals surface area contributed by atoms with Gasteiger partial charge in [-0.25, -0.2) is 9.37 Å². The Morgan fingerprint density at radius 1 is 1.44 bits per heavy atom. The third kappa shape index (κ3) is 2.23. The van der Waals surface area contributed by atoms with Crippen LogP contribution in [-0.2, 0) is 13.1 Å². The van der Waals surface area contributed by atoms with Crippen LogP contribution in [0.15, 0.2) is 30.7 Å². The van der Waals surface area contributed by atoms with Crippen molar-refractivity contribution >= 4 is 11.6 Å². The van der Waals surface area contributed by atoms with Gasteiger partial charge in [0.2, 0.25) is 0 Å². The highest BCUT2D eigenvalue weighted by Crippen LogP contribution is 2.20. The predicted octanol–water partition coefficient (Wildman–Crippen LogP) is 2.18. The molecule has 0 radical (unpaired) electrons. The fourth-order valence-electron chi connectivity index (χ4n) is 1.47. The van der Waals surface area contributed by atoms with Crippen LogP contribution in [-0.4, -0.2) is 9.55 Å². The second kappa shape index (κ2) is 4.63. The molecule has 0 aliphatic carbocycles. The molecule has 3 nitrogen and oxygen atoms in total. The molecule has 2 N–H and O–H groups in total. The number of hydrogen-bond acceptors (Lipinski definition) is 2. The van der Waals surface area contributed by atoms with E-state index in [2.05, 4.69) is 4.98 Å². The van der Waals surface area contributed by atoms with Crippen molar-refractivity contribution in [1.82, 2.24) is 9.55 Å². The maximum Gasteiger partial charge on any atom is 0.142 e. The topological polar surface area (TPSA) is 43.8 Å². The van der Waals surface area contributed by atoms with E-state index in [1.54, 1.807) is 18.5 Å². The van der Waals surface area contributed by atoms with E-state index in [-0.39, 0.29) is 5.02 Å². The van der Waals surface area contributed by atoms with Crippen molar-refractivity contribution in [3.05, 3.63) is 52.8 Å². The Kier molecular flexibility index (Phi) is 3.22. The molecule has 0 fully saturated rings. The summed E-state index contributed by atoms with van der Waals surface area (Å²) in [6, 6.07) is 4.76. The molecule has 0 bridgehead atoms. The van der Waals surface area contributed by atoms with Gasteiger partial charge in [-0.2, -0.15) is 0 Å². The van der Waals surface area contributed by atoms with Crippen molar-refractivity contribution in [2.24, 2.45) is 5.73 Å². The fourth-order valence-corrected chi connectivity index (χ4v) is 1.65. The SMILES string of the molecule is NCc1cn(Cc2cccc(F)c2Cl)cn1. The molecule has 2 aromatic rings. The first-order valence-electron chi connectivity index (χ1n) is 4.84. The molecule has 0 saturated carbocycles. The summed E-state index contributed by atoms with van der Waals surface area (Å²) in [5.41, 5.74) is 6.97. The Hall–Kier alpha value is -1.39. The maximum absolute atomic E-state index is 13.2. The van der Waals surface area contributed by atoms with E-state index in [1.807, 2.05) is 10.8 Å². The molecule has 0 saturated heterocycles. The van der Waals surface area contributed by atoms with Crippen LogP contribution in [0, 0.1) is 5.82 Å². The van der Waals surface area contributed by atoms with Gasteiger partial charge in [0.15, 0.2) is 0 Å². The third-order valence-electron chi connectivity index (χ3n) is 2.28. The summed E-state index contributed by atoms with van der Waals surface area (Å²) < 4.78 is 15.0. The summed E-state index contributed by atoms with van der Waals surface area (Å²) in [7, 11) is 0.